The van der Waals surface area contributed by atoms with Crippen LogP contribution in [0.2, 0.25) is 0 Å². The van der Waals surface area contributed by atoms with Crippen LogP contribution in [0.4, 0.5) is 0 Å². The van der Waals surface area contributed by atoms with Crippen LogP contribution in [0.5, 0.6) is 0 Å². The Morgan fingerprint density at radius 1 is 0.271 bits per heavy atom. The van der Waals surface area contributed by atoms with E-state index in [1.807, 2.05) is 0 Å². The molecule has 0 aromatic carbocycles. The fraction of sp³-hybridized carbons (Fsp3) is 0.923. The summed E-state index contributed by atoms with van der Waals surface area (Å²) in [6, 6.07) is 0. The van der Waals surface area contributed by atoms with Gasteiger partial charge in [-0.3, -0.25) is 0 Å². The smallest absolute Gasteiger partial charge is 0.223 e. The highest BCUT2D eigenvalue weighted by Gasteiger charge is 2.32. The van der Waals surface area contributed by atoms with E-state index >= 15 is 0 Å². The van der Waals surface area contributed by atoms with Gasteiger partial charge in [-0.2, -0.15) is 0 Å². The summed E-state index contributed by atoms with van der Waals surface area (Å²) in [4.78, 5) is 0. The molecule has 7 nitrogen and oxygen atoms in total. The van der Waals surface area contributed by atoms with Crippen molar-refractivity contribution in [3.05, 3.63) is 23.0 Å². The van der Waals surface area contributed by atoms with Crippen molar-refractivity contribution < 1.29 is 33.2 Å². The highest BCUT2D eigenvalue weighted by molar-refractivity contribution is 5.09. The zero-order chi connectivity index (χ0) is 43.3. The molecule has 2 atom stereocenters. The molecule has 0 N–H and O–H groups in total. The van der Waals surface area contributed by atoms with Gasteiger partial charge in [0, 0.05) is 12.8 Å². The van der Waals surface area contributed by atoms with Crippen LogP contribution in [0.15, 0.2) is 23.0 Å². The second-order valence-electron chi connectivity index (χ2n) is 16.8. The molecule has 0 radical (unpaired) electrons. The monoisotopic (exact) mass is 839 g/mol. The van der Waals surface area contributed by atoms with Crippen molar-refractivity contribution in [3.8, 4) is 0 Å². The van der Waals surface area contributed by atoms with E-state index in [4.69, 9.17) is 33.2 Å². The topological polar surface area (TPSA) is 64.6 Å². The minimum absolute atomic E-state index is 0.578. The van der Waals surface area contributed by atoms with Crippen molar-refractivity contribution in [2.45, 2.75) is 273 Å². The van der Waals surface area contributed by atoms with E-state index in [1.54, 1.807) is 0 Å². The van der Waals surface area contributed by atoms with E-state index in [9.17, 15) is 0 Å². The molecule has 0 saturated heterocycles. The van der Waals surface area contributed by atoms with Crippen LogP contribution in [-0.4, -0.2) is 52.2 Å². The standard InChI is InChI=1S/C52H102O7/c1-9-17-25-27-29-31-33-37-45-57-51(49(55-43-23-15-7)47(39-35-19-11-3)53-41-21-13-5)59-52(58-46-38-34-32-30-28-26-18-10-2)50(56-44-24-16-8)48(40-36-20-12-4)54-42-22-14-6/h51-52H,9-46H2,1-8H3. The minimum Gasteiger partial charge on any atom is -0.494 e. The lowest BCUT2D eigenvalue weighted by molar-refractivity contribution is -0.243. The summed E-state index contributed by atoms with van der Waals surface area (Å²) in [7, 11) is 0. The van der Waals surface area contributed by atoms with Crippen LogP contribution < -0.4 is 0 Å². The Hall–Kier alpha value is -1.44. The molecule has 0 aliphatic heterocycles. The summed E-state index contributed by atoms with van der Waals surface area (Å²) in [6.07, 6.45) is 34.5. The van der Waals surface area contributed by atoms with Gasteiger partial charge >= 0.3 is 0 Å². The van der Waals surface area contributed by atoms with E-state index < -0.39 is 12.6 Å². The van der Waals surface area contributed by atoms with Crippen LogP contribution >= 0.6 is 0 Å². The summed E-state index contributed by atoms with van der Waals surface area (Å²) in [5.74, 6) is 3.09. The molecule has 0 aromatic rings. The average molecular weight is 839 g/mol. The number of hydrogen-bond acceptors (Lipinski definition) is 7. The molecular weight excluding hydrogens is 737 g/mol. The molecule has 2 unspecified atom stereocenters. The highest BCUT2D eigenvalue weighted by atomic mass is 16.8. The molecule has 0 saturated carbocycles. The van der Waals surface area contributed by atoms with Gasteiger partial charge in [0.1, 0.15) is 11.5 Å². The van der Waals surface area contributed by atoms with E-state index in [1.165, 1.54) is 77.0 Å². The van der Waals surface area contributed by atoms with Crippen molar-refractivity contribution in [2.75, 3.05) is 39.6 Å². The van der Waals surface area contributed by atoms with Crippen LogP contribution in [0, 0.1) is 0 Å². The van der Waals surface area contributed by atoms with Gasteiger partial charge in [0.2, 0.25) is 12.6 Å². The van der Waals surface area contributed by atoms with Gasteiger partial charge in [-0.25, -0.2) is 0 Å². The van der Waals surface area contributed by atoms with Gasteiger partial charge < -0.3 is 33.2 Å². The summed E-state index contributed by atoms with van der Waals surface area (Å²) in [5.41, 5.74) is 0. The number of hydrogen-bond donors (Lipinski definition) is 0. The van der Waals surface area contributed by atoms with Gasteiger partial charge in [0.25, 0.3) is 0 Å². The molecule has 352 valence electrons. The van der Waals surface area contributed by atoms with Crippen LogP contribution in [0.25, 0.3) is 0 Å². The molecule has 0 bridgehead atoms. The third-order valence-electron chi connectivity index (χ3n) is 10.8. The predicted molar refractivity (Wildman–Crippen MR) is 252 cm³/mol. The van der Waals surface area contributed by atoms with Crippen molar-refractivity contribution in [3.63, 3.8) is 0 Å². The zero-order valence-electron chi connectivity index (χ0n) is 40.9. The Bertz CT molecular complexity index is 823. The third kappa shape index (κ3) is 33.8. The molecule has 0 fully saturated rings. The van der Waals surface area contributed by atoms with Crippen LogP contribution in [-0.2, 0) is 33.2 Å². The number of unbranched alkanes of at least 4 members (excludes halogenated alkanes) is 22. The van der Waals surface area contributed by atoms with Gasteiger partial charge in [-0.15, -0.1) is 0 Å². The second-order valence-corrected chi connectivity index (χ2v) is 16.8. The van der Waals surface area contributed by atoms with E-state index in [-0.39, 0.29) is 0 Å². The Morgan fingerprint density at radius 2 is 0.542 bits per heavy atom. The van der Waals surface area contributed by atoms with E-state index in [0.29, 0.717) is 51.2 Å². The number of allylic oxidation sites excluding steroid dienone is 2. The molecular formula is C52H102O7. The van der Waals surface area contributed by atoms with Crippen molar-refractivity contribution in [2.24, 2.45) is 0 Å². The van der Waals surface area contributed by atoms with Gasteiger partial charge in [0.05, 0.1) is 39.6 Å². The minimum atomic E-state index is -0.796. The molecule has 0 spiro atoms. The third-order valence-corrected chi connectivity index (χ3v) is 10.8. The maximum atomic E-state index is 7.20. The quantitative estimate of drug-likeness (QED) is 0.0343. The van der Waals surface area contributed by atoms with Crippen molar-refractivity contribution >= 4 is 0 Å². The Balaban J connectivity index is 7.09. The molecule has 0 heterocycles. The molecule has 0 aromatic heterocycles. The fourth-order valence-electron chi connectivity index (χ4n) is 6.81. The normalized spacial score (nSPS) is 13.6. The number of ether oxygens (including phenoxy) is 7. The van der Waals surface area contributed by atoms with E-state index in [0.717, 1.165) is 140 Å². The molecule has 59 heavy (non-hydrogen) atoms. The Morgan fingerprint density at radius 3 is 0.864 bits per heavy atom. The second kappa shape index (κ2) is 46.1. The maximum Gasteiger partial charge on any atom is 0.223 e. The Labute approximate surface area is 368 Å². The van der Waals surface area contributed by atoms with Crippen LogP contribution in [0.3, 0.4) is 0 Å². The first kappa shape index (κ1) is 57.6. The summed E-state index contributed by atoms with van der Waals surface area (Å²) in [6.45, 7) is 21.5. The Kier molecular flexibility index (Phi) is 44.9. The van der Waals surface area contributed by atoms with Crippen molar-refractivity contribution in [1.82, 2.24) is 0 Å². The molecule has 0 amide bonds. The van der Waals surface area contributed by atoms with Gasteiger partial charge in [0.15, 0.2) is 11.5 Å². The molecule has 0 rings (SSSR count). The first-order chi connectivity index (χ1) is 29.1. The van der Waals surface area contributed by atoms with Gasteiger partial charge in [-0.1, -0.05) is 197 Å². The van der Waals surface area contributed by atoms with Gasteiger partial charge in [-0.05, 0) is 51.4 Å². The first-order valence-corrected chi connectivity index (χ1v) is 25.9. The largest absolute Gasteiger partial charge is 0.494 e. The molecule has 0 aliphatic carbocycles. The predicted octanol–water partition coefficient (Wildman–Crippen LogP) is 16.8. The molecule has 7 heteroatoms. The first-order valence-electron chi connectivity index (χ1n) is 25.9. The van der Waals surface area contributed by atoms with E-state index in [2.05, 4.69) is 55.4 Å². The molecule has 0 aliphatic rings. The summed E-state index contributed by atoms with van der Waals surface area (Å²) in [5, 5.41) is 0. The summed E-state index contributed by atoms with van der Waals surface area (Å²) < 4.78 is 47.7. The average Bonchev–Trinajstić information content (AvgIpc) is 3.24. The summed E-state index contributed by atoms with van der Waals surface area (Å²) >= 11 is 0. The highest BCUT2D eigenvalue weighted by Crippen LogP contribution is 2.29. The fourth-order valence-corrected chi connectivity index (χ4v) is 6.81. The SMILES string of the molecule is CCCCCCCCCCOC(OC(OCCCCCCCCCC)C(OCCCC)=C(CCCCC)OCCCC)C(OCCCC)=C(CCCCC)OCCCC. The lowest BCUT2D eigenvalue weighted by Gasteiger charge is -2.30. The lowest BCUT2D eigenvalue weighted by Crippen LogP contribution is -2.34. The van der Waals surface area contributed by atoms with Crippen molar-refractivity contribution in [1.29, 1.82) is 0 Å². The van der Waals surface area contributed by atoms with Crippen LogP contribution in [0.1, 0.15) is 261 Å². The zero-order valence-corrected chi connectivity index (χ0v) is 40.9. The maximum absolute atomic E-state index is 7.20. The number of rotatable bonds is 48. The lowest BCUT2D eigenvalue weighted by atomic mass is 10.1.